The maximum atomic E-state index is 13.5. The van der Waals surface area contributed by atoms with Crippen molar-refractivity contribution in [2.24, 2.45) is 0 Å². The summed E-state index contributed by atoms with van der Waals surface area (Å²) in [5.74, 6) is -2.38. The van der Waals surface area contributed by atoms with Crippen LogP contribution in [0.15, 0.2) is 18.2 Å². The number of rotatable bonds is 8. The van der Waals surface area contributed by atoms with E-state index < -0.39 is 61.6 Å². The molecule has 32 heavy (non-hydrogen) atoms. The number of anilines is 1. The van der Waals surface area contributed by atoms with Gasteiger partial charge in [-0.25, -0.2) is 4.39 Å². The standard InChI is InChI=1S/C20H26FNO10/c1-9(23)28-15-16(29-10(2)24)18(30-11(3)25)20(32-17(15)19(26)27-4)31-14-6-5-13(22)7-12(14)8-21/h5-7,15-20,26H,8,22H2,1-4H3. The number of aliphatic hydroxyl groups excluding tert-OH is 1. The van der Waals surface area contributed by atoms with Gasteiger partial charge in [0, 0.05) is 39.1 Å². The molecule has 0 radical (unpaired) electrons. The van der Waals surface area contributed by atoms with Gasteiger partial charge in [-0.3, -0.25) is 14.4 Å². The highest BCUT2D eigenvalue weighted by atomic mass is 19.1. The Morgan fingerprint density at radius 2 is 1.62 bits per heavy atom. The minimum Gasteiger partial charge on any atom is -0.460 e. The number of aliphatic hydroxyl groups is 1. The number of nitrogens with two attached hydrogens (primary N) is 1. The molecular formula is C20H26FNO10. The van der Waals surface area contributed by atoms with Crippen molar-refractivity contribution in [2.45, 2.75) is 64.4 Å². The molecule has 1 aliphatic heterocycles. The Morgan fingerprint density at radius 3 is 2.16 bits per heavy atom. The number of nitrogen functional groups attached to an aromatic ring is 1. The summed E-state index contributed by atoms with van der Waals surface area (Å²) in [6.07, 6.45) is -8.93. The maximum absolute atomic E-state index is 13.5. The molecule has 6 unspecified atom stereocenters. The molecule has 1 fully saturated rings. The highest BCUT2D eigenvalue weighted by molar-refractivity contribution is 5.68. The maximum Gasteiger partial charge on any atom is 0.303 e. The summed E-state index contributed by atoms with van der Waals surface area (Å²) in [4.78, 5) is 35.2. The van der Waals surface area contributed by atoms with Crippen LogP contribution >= 0.6 is 0 Å². The second kappa shape index (κ2) is 11.1. The Morgan fingerprint density at radius 1 is 1.06 bits per heavy atom. The van der Waals surface area contributed by atoms with Crippen LogP contribution in [-0.2, 0) is 44.7 Å². The first-order valence-corrected chi connectivity index (χ1v) is 9.56. The molecule has 12 heteroatoms. The van der Waals surface area contributed by atoms with Gasteiger partial charge in [-0.15, -0.1) is 0 Å². The third kappa shape index (κ3) is 6.28. The molecule has 0 aliphatic carbocycles. The summed E-state index contributed by atoms with van der Waals surface area (Å²) in [5, 5.41) is 10.3. The van der Waals surface area contributed by atoms with Crippen LogP contribution < -0.4 is 10.5 Å². The lowest BCUT2D eigenvalue weighted by molar-refractivity contribution is -0.318. The van der Waals surface area contributed by atoms with Crippen molar-refractivity contribution in [1.82, 2.24) is 0 Å². The monoisotopic (exact) mass is 459 g/mol. The fourth-order valence-corrected chi connectivity index (χ4v) is 3.21. The number of methoxy groups -OCH3 is 1. The lowest BCUT2D eigenvalue weighted by Crippen LogP contribution is -2.65. The largest absolute Gasteiger partial charge is 0.460 e. The van der Waals surface area contributed by atoms with Crippen LogP contribution in [0, 0.1) is 0 Å². The first-order chi connectivity index (χ1) is 15.1. The van der Waals surface area contributed by atoms with Gasteiger partial charge in [0.25, 0.3) is 0 Å². The molecule has 1 aromatic rings. The average Bonchev–Trinajstić information content (AvgIpc) is 2.71. The van der Waals surface area contributed by atoms with Gasteiger partial charge in [0.15, 0.2) is 24.6 Å². The minimum atomic E-state index is -1.66. The van der Waals surface area contributed by atoms with Crippen molar-refractivity contribution in [3.05, 3.63) is 23.8 Å². The van der Waals surface area contributed by atoms with Crippen LogP contribution in [0.2, 0.25) is 0 Å². The van der Waals surface area contributed by atoms with E-state index in [0.29, 0.717) is 0 Å². The SMILES string of the molecule is COC(O)C1OC(Oc2ccc(N)cc2CF)C(OC(C)=O)C(OC(C)=O)C1OC(C)=O. The average molecular weight is 459 g/mol. The zero-order chi connectivity index (χ0) is 24.0. The lowest BCUT2D eigenvalue weighted by atomic mass is 9.97. The second-order valence-electron chi connectivity index (χ2n) is 6.94. The lowest BCUT2D eigenvalue weighted by Gasteiger charge is -2.45. The Labute approximate surface area is 183 Å². The summed E-state index contributed by atoms with van der Waals surface area (Å²) >= 11 is 0. The quantitative estimate of drug-likeness (QED) is 0.243. The van der Waals surface area contributed by atoms with E-state index in [2.05, 4.69) is 0 Å². The topological polar surface area (TPSA) is 153 Å². The van der Waals surface area contributed by atoms with Crippen molar-refractivity contribution in [3.8, 4) is 5.75 Å². The van der Waals surface area contributed by atoms with Crippen molar-refractivity contribution < 1.29 is 52.3 Å². The van der Waals surface area contributed by atoms with Crippen LogP contribution in [0.5, 0.6) is 5.75 Å². The van der Waals surface area contributed by atoms with Crippen molar-refractivity contribution in [3.63, 3.8) is 0 Å². The molecular weight excluding hydrogens is 433 g/mol. The normalized spacial score (nSPS) is 26.0. The van der Waals surface area contributed by atoms with Gasteiger partial charge in [0.05, 0.1) is 0 Å². The van der Waals surface area contributed by atoms with Gasteiger partial charge >= 0.3 is 17.9 Å². The molecule has 178 valence electrons. The zero-order valence-corrected chi connectivity index (χ0v) is 18.0. The molecule has 1 heterocycles. The summed E-state index contributed by atoms with van der Waals surface area (Å²) in [6, 6.07) is 4.16. The Bertz CT molecular complexity index is 835. The number of hydrogen-bond acceptors (Lipinski definition) is 11. The van der Waals surface area contributed by atoms with Gasteiger partial charge in [-0.1, -0.05) is 0 Å². The van der Waals surface area contributed by atoms with Gasteiger partial charge < -0.3 is 39.3 Å². The molecule has 1 aromatic carbocycles. The molecule has 6 atom stereocenters. The molecule has 2 rings (SSSR count). The molecule has 0 saturated carbocycles. The third-order valence-corrected chi connectivity index (χ3v) is 4.43. The Balaban J connectivity index is 2.53. The number of carbonyl (C=O) groups is 3. The Hall–Kier alpha value is -2.96. The van der Waals surface area contributed by atoms with Crippen LogP contribution in [0.25, 0.3) is 0 Å². The van der Waals surface area contributed by atoms with Gasteiger partial charge in [0.1, 0.15) is 12.4 Å². The predicted molar refractivity (Wildman–Crippen MR) is 105 cm³/mol. The molecule has 11 nitrogen and oxygen atoms in total. The van der Waals surface area contributed by atoms with Crippen molar-refractivity contribution in [1.29, 1.82) is 0 Å². The minimum absolute atomic E-state index is 0.00187. The first kappa shape index (κ1) is 25.3. The van der Waals surface area contributed by atoms with Crippen molar-refractivity contribution in [2.75, 3.05) is 12.8 Å². The number of hydrogen-bond donors (Lipinski definition) is 2. The van der Waals surface area contributed by atoms with E-state index in [9.17, 15) is 23.9 Å². The molecule has 0 aromatic heterocycles. The third-order valence-electron chi connectivity index (χ3n) is 4.43. The molecule has 0 amide bonds. The highest BCUT2D eigenvalue weighted by Crippen LogP contribution is 2.33. The zero-order valence-electron chi connectivity index (χ0n) is 18.0. The van der Waals surface area contributed by atoms with Crippen LogP contribution in [0.4, 0.5) is 10.1 Å². The van der Waals surface area contributed by atoms with Gasteiger partial charge in [-0.05, 0) is 18.2 Å². The summed E-state index contributed by atoms with van der Waals surface area (Å²) in [5.41, 5.74) is 6.03. The van der Waals surface area contributed by atoms with E-state index in [1.54, 1.807) is 0 Å². The first-order valence-electron chi connectivity index (χ1n) is 9.56. The summed E-state index contributed by atoms with van der Waals surface area (Å²) in [7, 11) is 1.16. The Kier molecular flexibility index (Phi) is 8.75. The van der Waals surface area contributed by atoms with E-state index in [0.717, 1.165) is 27.9 Å². The molecule has 0 bridgehead atoms. The van der Waals surface area contributed by atoms with E-state index in [-0.39, 0.29) is 17.0 Å². The predicted octanol–water partition coefficient (Wildman–Crippen LogP) is 0.602. The second-order valence-corrected chi connectivity index (χ2v) is 6.94. The van der Waals surface area contributed by atoms with Gasteiger partial charge in [-0.2, -0.15) is 0 Å². The molecule has 0 spiro atoms. The fourth-order valence-electron chi connectivity index (χ4n) is 3.21. The molecule has 1 saturated heterocycles. The van der Waals surface area contributed by atoms with E-state index in [4.69, 9.17) is 34.2 Å². The fraction of sp³-hybridized carbons (Fsp3) is 0.550. The number of esters is 3. The van der Waals surface area contributed by atoms with Gasteiger partial charge in [0.2, 0.25) is 12.4 Å². The van der Waals surface area contributed by atoms with Crippen LogP contribution in [-0.4, -0.2) is 67.1 Å². The molecule has 1 aliphatic rings. The summed E-state index contributed by atoms with van der Waals surface area (Å²) in [6.45, 7) is 2.34. The molecule has 3 N–H and O–H groups in total. The van der Waals surface area contributed by atoms with Crippen LogP contribution in [0.3, 0.4) is 0 Å². The number of halogens is 1. The smallest absolute Gasteiger partial charge is 0.303 e. The van der Waals surface area contributed by atoms with E-state index in [1.165, 1.54) is 18.2 Å². The van der Waals surface area contributed by atoms with Crippen LogP contribution in [0.1, 0.15) is 26.3 Å². The number of ether oxygens (including phenoxy) is 6. The van der Waals surface area contributed by atoms with E-state index >= 15 is 0 Å². The number of alkyl halides is 1. The van der Waals surface area contributed by atoms with Crippen molar-refractivity contribution >= 4 is 23.6 Å². The highest BCUT2D eigenvalue weighted by Gasteiger charge is 2.55. The number of benzene rings is 1. The summed E-state index contributed by atoms with van der Waals surface area (Å²) < 4.78 is 45.6. The number of carbonyl (C=O) groups excluding carboxylic acids is 3. The van der Waals surface area contributed by atoms with E-state index in [1.807, 2.05) is 0 Å².